The van der Waals surface area contributed by atoms with Gasteiger partial charge in [-0.15, -0.1) is 0 Å². The van der Waals surface area contributed by atoms with Gasteiger partial charge in [-0.05, 0) is 66.8 Å². The summed E-state index contributed by atoms with van der Waals surface area (Å²) in [6.07, 6.45) is 3.31. The van der Waals surface area contributed by atoms with E-state index in [2.05, 4.69) is 24.0 Å². The standard InChI is InChI=1S/C24H25NO4/c1-2-25(14-19-15-27-21-8-3-4-9-22(21)28-19)13-18-12-24(26)29-23-11-17-7-5-6-16(17)10-20(18)23/h3-4,8-12,19H,2,5-7,13-15H2,1H3/t19-/m1/s1. The topological polar surface area (TPSA) is 51.9 Å². The number of hydrogen-bond donors (Lipinski definition) is 0. The number of ether oxygens (including phenoxy) is 2. The summed E-state index contributed by atoms with van der Waals surface area (Å²) in [5.41, 5.74) is 4.14. The molecule has 0 fully saturated rings. The van der Waals surface area contributed by atoms with Crippen LogP contribution in [-0.4, -0.2) is 30.7 Å². The van der Waals surface area contributed by atoms with Gasteiger partial charge in [-0.25, -0.2) is 4.79 Å². The lowest BCUT2D eigenvalue weighted by molar-refractivity contribution is 0.0581. The van der Waals surface area contributed by atoms with Crippen LogP contribution in [0.3, 0.4) is 0 Å². The first-order valence-corrected chi connectivity index (χ1v) is 10.4. The zero-order chi connectivity index (χ0) is 19.8. The Hall–Kier alpha value is -2.79. The highest BCUT2D eigenvalue weighted by atomic mass is 16.6. The lowest BCUT2D eigenvalue weighted by Crippen LogP contribution is -2.40. The van der Waals surface area contributed by atoms with Gasteiger partial charge in [0.05, 0.1) is 0 Å². The van der Waals surface area contributed by atoms with E-state index in [4.69, 9.17) is 13.9 Å². The minimum absolute atomic E-state index is 0.0412. The van der Waals surface area contributed by atoms with Crippen molar-refractivity contribution in [1.29, 1.82) is 0 Å². The number of rotatable bonds is 5. The number of likely N-dealkylation sites (N-methyl/N-ethyl adjacent to an activating group) is 1. The van der Waals surface area contributed by atoms with Crippen LogP contribution in [-0.2, 0) is 19.4 Å². The number of para-hydroxylation sites is 2. The van der Waals surface area contributed by atoms with Gasteiger partial charge in [-0.1, -0.05) is 19.1 Å². The van der Waals surface area contributed by atoms with Crippen LogP contribution < -0.4 is 15.1 Å². The third-order valence-corrected chi connectivity index (χ3v) is 5.91. The number of nitrogens with zero attached hydrogens (tertiary/aromatic N) is 1. The van der Waals surface area contributed by atoms with E-state index in [9.17, 15) is 4.79 Å². The van der Waals surface area contributed by atoms with Crippen molar-refractivity contribution in [2.24, 2.45) is 0 Å². The van der Waals surface area contributed by atoms with Crippen molar-refractivity contribution in [2.75, 3.05) is 19.7 Å². The Morgan fingerprint density at radius 2 is 1.86 bits per heavy atom. The Morgan fingerprint density at radius 1 is 1.07 bits per heavy atom. The fraction of sp³-hybridized carbons (Fsp3) is 0.375. The second-order valence-electron chi connectivity index (χ2n) is 7.89. The van der Waals surface area contributed by atoms with Crippen LogP contribution in [0.15, 0.2) is 51.7 Å². The third kappa shape index (κ3) is 3.62. The summed E-state index contributed by atoms with van der Waals surface area (Å²) < 4.78 is 17.5. The largest absolute Gasteiger partial charge is 0.486 e. The van der Waals surface area contributed by atoms with Gasteiger partial charge in [0.1, 0.15) is 18.3 Å². The van der Waals surface area contributed by atoms with Gasteiger partial charge >= 0.3 is 5.63 Å². The molecular formula is C24H25NO4. The molecule has 0 saturated carbocycles. The average Bonchev–Trinajstić information content (AvgIpc) is 3.19. The smallest absolute Gasteiger partial charge is 0.336 e. The first-order chi connectivity index (χ1) is 14.2. The minimum atomic E-state index is -0.285. The Labute approximate surface area is 169 Å². The highest BCUT2D eigenvalue weighted by molar-refractivity contribution is 5.82. The molecule has 1 aliphatic carbocycles. The first-order valence-electron chi connectivity index (χ1n) is 10.4. The molecular weight excluding hydrogens is 366 g/mol. The quantitative estimate of drug-likeness (QED) is 0.617. The van der Waals surface area contributed by atoms with Crippen LogP contribution in [0.5, 0.6) is 11.5 Å². The highest BCUT2D eigenvalue weighted by Gasteiger charge is 2.23. The summed E-state index contributed by atoms with van der Waals surface area (Å²) in [4.78, 5) is 14.5. The van der Waals surface area contributed by atoms with Gasteiger partial charge in [0, 0.05) is 24.5 Å². The molecule has 2 heterocycles. The maximum absolute atomic E-state index is 12.2. The molecule has 0 spiro atoms. The Kier molecular flexibility index (Phi) is 4.76. The SMILES string of the molecule is CCN(Cc1cc(=O)oc2cc3c(cc12)CCC3)C[C@@H]1COc2ccccc2O1. The highest BCUT2D eigenvalue weighted by Crippen LogP contribution is 2.32. The molecule has 0 amide bonds. The van der Waals surface area contributed by atoms with E-state index in [0.717, 1.165) is 48.4 Å². The zero-order valence-corrected chi connectivity index (χ0v) is 16.6. The van der Waals surface area contributed by atoms with Crippen molar-refractivity contribution < 1.29 is 13.9 Å². The van der Waals surface area contributed by atoms with Crippen LogP contribution in [0, 0.1) is 0 Å². The first kappa shape index (κ1) is 18.3. The number of hydrogen-bond acceptors (Lipinski definition) is 5. The molecule has 150 valence electrons. The van der Waals surface area contributed by atoms with Gasteiger partial charge in [0.25, 0.3) is 0 Å². The third-order valence-electron chi connectivity index (χ3n) is 5.91. The Balaban J connectivity index is 1.38. The molecule has 0 bridgehead atoms. The molecule has 1 aliphatic heterocycles. The molecule has 0 N–H and O–H groups in total. The Bertz CT molecular complexity index is 1100. The van der Waals surface area contributed by atoms with Gasteiger partial charge < -0.3 is 13.9 Å². The average molecular weight is 391 g/mol. The molecule has 0 unspecified atom stereocenters. The number of fused-ring (bicyclic) bond motifs is 3. The Morgan fingerprint density at radius 3 is 2.69 bits per heavy atom. The molecule has 5 heteroatoms. The maximum Gasteiger partial charge on any atom is 0.336 e. The number of benzene rings is 2. The lowest BCUT2D eigenvalue weighted by Gasteiger charge is -2.31. The molecule has 0 saturated heterocycles. The summed E-state index contributed by atoms with van der Waals surface area (Å²) in [7, 11) is 0. The predicted octanol–water partition coefficient (Wildman–Crippen LogP) is 3.94. The molecule has 1 aromatic heterocycles. The molecule has 5 nitrogen and oxygen atoms in total. The van der Waals surface area contributed by atoms with E-state index in [1.54, 1.807) is 6.07 Å². The van der Waals surface area contributed by atoms with E-state index in [1.807, 2.05) is 24.3 Å². The lowest BCUT2D eigenvalue weighted by atomic mass is 10.0. The minimum Gasteiger partial charge on any atom is -0.486 e. The number of aryl methyl sites for hydroxylation is 2. The van der Waals surface area contributed by atoms with Crippen LogP contribution in [0.1, 0.15) is 30.0 Å². The van der Waals surface area contributed by atoms with Crippen molar-refractivity contribution in [3.8, 4) is 11.5 Å². The van der Waals surface area contributed by atoms with E-state index < -0.39 is 0 Å². The molecule has 1 atom stereocenters. The van der Waals surface area contributed by atoms with E-state index >= 15 is 0 Å². The fourth-order valence-electron chi connectivity index (χ4n) is 4.41. The van der Waals surface area contributed by atoms with Gasteiger partial charge in [0.2, 0.25) is 0 Å². The van der Waals surface area contributed by atoms with Crippen molar-refractivity contribution in [3.05, 3.63) is 69.6 Å². The molecule has 3 aromatic rings. The zero-order valence-electron chi connectivity index (χ0n) is 16.6. The van der Waals surface area contributed by atoms with Gasteiger partial charge in [-0.3, -0.25) is 4.90 Å². The van der Waals surface area contributed by atoms with Crippen molar-refractivity contribution >= 4 is 11.0 Å². The van der Waals surface area contributed by atoms with Crippen LogP contribution in [0.2, 0.25) is 0 Å². The second kappa shape index (κ2) is 7.56. The predicted molar refractivity (Wildman–Crippen MR) is 112 cm³/mol. The van der Waals surface area contributed by atoms with Gasteiger partial charge in [-0.2, -0.15) is 0 Å². The van der Waals surface area contributed by atoms with Crippen LogP contribution in [0.25, 0.3) is 11.0 Å². The second-order valence-corrected chi connectivity index (χ2v) is 7.89. The summed E-state index contributed by atoms with van der Waals surface area (Å²) in [6, 6.07) is 13.7. The monoisotopic (exact) mass is 391 g/mol. The van der Waals surface area contributed by atoms with Crippen molar-refractivity contribution in [3.63, 3.8) is 0 Å². The molecule has 0 radical (unpaired) electrons. The van der Waals surface area contributed by atoms with E-state index in [0.29, 0.717) is 18.7 Å². The van der Waals surface area contributed by atoms with E-state index in [1.165, 1.54) is 17.5 Å². The normalized spacial score (nSPS) is 17.7. The van der Waals surface area contributed by atoms with Crippen molar-refractivity contribution in [2.45, 2.75) is 38.8 Å². The summed E-state index contributed by atoms with van der Waals surface area (Å²) in [5, 5.41) is 1.05. The van der Waals surface area contributed by atoms with Gasteiger partial charge in [0.15, 0.2) is 11.5 Å². The van der Waals surface area contributed by atoms with Crippen LogP contribution >= 0.6 is 0 Å². The molecule has 2 aromatic carbocycles. The summed E-state index contributed by atoms with van der Waals surface area (Å²) >= 11 is 0. The summed E-state index contributed by atoms with van der Waals surface area (Å²) in [6.45, 7) is 4.92. The maximum atomic E-state index is 12.2. The fourth-order valence-corrected chi connectivity index (χ4v) is 4.41. The summed E-state index contributed by atoms with van der Waals surface area (Å²) in [5.74, 6) is 1.59. The molecule has 2 aliphatic rings. The van der Waals surface area contributed by atoms with E-state index in [-0.39, 0.29) is 11.7 Å². The van der Waals surface area contributed by atoms with Crippen LogP contribution in [0.4, 0.5) is 0 Å². The molecule has 5 rings (SSSR count). The van der Waals surface area contributed by atoms with Crippen molar-refractivity contribution in [1.82, 2.24) is 4.90 Å². The molecule has 29 heavy (non-hydrogen) atoms.